The summed E-state index contributed by atoms with van der Waals surface area (Å²) in [6.07, 6.45) is 1.65. The van der Waals surface area contributed by atoms with Crippen LogP contribution in [0.15, 0.2) is 36.5 Å². The van der Waals surface area contributed by atoms with E-state index >= 15 is 0 Å². The maximum Gasteiger partial charge on any atom is 0.256 e. The van der Waals surface area contributed by atoms with Crippen molar-refractivity contribution < 1.29 is 9.18 Å². The summed E-state index contributed by atoms with van der Waals surface area (Å²) in [6, 6.07) is 7.74. The Balaban J connectivity index is 2.25. The fourth-order valence-corrected chi connectivity index (χ4v) is 2.23. The van der Waals surface area contributed by atoms with Crippen molar-refractivity contribution in [3.8, 4) is 0 Å². The SMILES string of the molecule is CN(Cc1c(F)cccc1Cl)C(=O)c1ccc[nH]c1=S. The summed E-state index contributed by atoms with van der Waals surface area (Å²) < 4.78 is 14.1. The summed E-state index contributed by atoms with van der Waals surface area (Å²) in [6.45, 7) is 0.0774. The number of carbonyl (C=O) groups is 1. The second kappa shape index (κ2) is 6.15. The van der Waals surface area contributed by atoms with Gasteiger partial charge in [0.2, 0.25) is 0 Å². The van der Waals surface area contributed by atoms with Crippen LogP contribution in [-0.2, 0) is 6.54 Å². The number of rotatable bonds is 3. The zero-order valence-electron chi connectivity index (χ0n) is 10.7. The van der Waals surface area contributed by atoms with Crippen molar-refractivity contribution in [3.63, 3.8) is 0 Å². The van der Waals surface area contributed by atoms with E-state index in [4.69, 9.17) is 23.8 Å². The molecular weight excluding hydrogens is 299 g/mol. The van der Waals surface area contributed by atoms with Gasteiger partial charge in [0.05, 0.1) is 5.56 Å². The highest BCUT2D eigenvalue weighted by Crippen LogP contribution is 2.21. The summed E-state index contributed by atoms with van der Waals surface area (Å²) in [5, 5.41) is 0.294. The second-order valence-corrected chi connectivity index (χ2v) is 5.09. The first-order valence-corrected chi connectivity index (χ1v) is 6.65. The van der Waals surface area contributed by atoms with E-state index in [-0.39, 0.29) is 18.0 Å². The van der Waals surface area contributed by atoms with E-state index in [2.05, 4.69) is 4.98 Å². The summed E-state index contributed by atoms with van der Waals surface area (Å²) in [7, 11) is 1.58. The van der Waals surface area contributed by atoms with Crippen LogP contribution in [-0.4, -0.2) is 22.8 Å². The quantitative estimate of drug-likeness (QED) is 0.875. The Hall–Kier alpha value is -1.72. The van der Waals surface area contributed by atoms with Gasteiger partial charge in [-0.1, -0.05) is 29.9 Å². The van der Waals surface area contributed by atoms with Crippen LogP contribution in [0.1, 0.15) is 15.9 Å². The summed E-state index contributed by atoms with van der Waals surface area (Å²) in [5.41, 5.74) is 0.660. The van der Waals surface area contributed by atoms with Crippen molar-refractivity contribution >= 4 is 29.7 Å². The van der Waals surface area contributed by atoms with Gasteiger partial charge in [0.15, 0.2) is 0 Å². The zero-order chi connectivity index (χ0) is 14.7. The van der Waals surface area contributed by atoms with Gasteiger partial charge in [-0.3, -0.25) is 4.79 Å². The number of benzene rings is 1. The highest BCUT2D eigenvalue weighted by atomic mass is 35.5. The minimum atomic E-state index is -0.435. The molecule has 0 fully saturated rings. The number of pyridine rings is 1. The molecule has 3 nitrogen and oxygen atoms in total. The maximum atomic E-state index is 13.7. The number of aromatic nitrogens is 1. The van der Waals surface area contributed by atoms with Crippen LogP contribution in [0, 0.1) is 10.5 Å². The number of halogens is 2. The van der Waals surface area contributed by atoms with Gasteiger partial charge in [0, 0.05) is 30.4 Å². The Morgan fingerprint density at radius 2 is 2.15 bits per heavy atom. The first kappa shape index (κ1) is 14.7. The minimum absolute atomic E-state index is 0.0774. The highest BCUT2D eigenvalue weighted by molar-refractivity contribution is 7.71. The van der Waals surface area contributed by atoms with Crippen molar-refractivity contribution in [1.82, 2.24) is 9.88 Å². The number of H-pyrrole nitrogens is 1. The molecule has 1 N–H and O–H groups in total. The maximum absolute atomic E-state index is 13.7. The molecule has 1 aromatic carbocycles. The number of hydrogen-bond acceptors (Lipinski definition) is 2. The lowest BCUT2D eigenvalue weighted by atomic mass is 10.2. The predicted octanol–water partition coefficient (Wildman–Crippen LogP) is 3.81. The lowest BCUT2D eigenvalue weighted by Crippen LogP contribution is -2.27. The number of hydrogen-bond donors (Lipinski definition) is 1. The Labute approximate surface area is 126 Å². The molecule has 0 aliphatic rings. The van der Waals surface area contributed by atoms with Crippen LogP contribution < -0.4 is 0 Å². The third kappa shape index (κ3) is 3.05. The van der Waals surface area contributed by atoms with Gasteiger partial charge in [-0.05, 0) is 24.3 Å². The average Bonchev–Trinajstić information content (AvgIpc) is 2.42. The minimum Gasteiger partial charge on any atom is -0.352 e. The van der Waals surface area contributed by atoms with Gasteiger partial charge in [-0.2, -0.15) is 0 Å². The van der Waals surface area contributed by atoms with Gasteiger partial charge in [-0.25, -0.2) is 4.39 Å². The third-order valence-corrected chi connectivity index (χ3v) is 3.54. The first-order valence-electron chi connectivity index (χ1n) is 5.86. The number of nitrogens with zero attached hydrogens (tertiary/aromatic N) is 1. The van der Waals surface area contributed by atoms with E-state index in [0.717, 1.165) is 0 Å². The summed E-state index contributed by atoms with van der Waals surface area (Å²) in [5.74, 6) is -0.721. The zero-order valence-corrected chi connectivity index (χ0v) is 12.3. The van der Waals surface area contributed by atoms with Crippen LogP contribution in [0.2, 0.25) is 5.02 Å². The first-order chi connectivity index (χ1) is 9.50. The van der Waals surface area contributed by atoms with E-state index in [0.29, 0.717) is 15.2 Å². The van der Waals surface area contributed by atoms with Crippen molar-refractivity contribution in [2.75, 3.05) is 7.05 Å². The largest absolute Gasteiger partial charge is 0.352 e. The fourth-order valence-electron chi connectivity index (χ4n) is 1.79. The van der Waals surface area contributed by atoms with Gasteiger partial charge in [0.25, 0.3) is 5.91 Å². The van der Waals surface area contributed by atoms with E-state index in [1.165, 1.54) is 17.0 Å². The topological polar surface area (TPSA) is 36.1 Å². The summed E-state index contributed by atoms with van der Waals surface area (Å²) in [4.78, 5) is 16.4. The van der Waals surface area contributed by atoms with Crippen LogP contribution in [0.25, 0.3) is 0 Å². The molecular formula is C14H12ClFN2OS. The number of carbonyl (C=O) groups excluding carboxylic acids is 1. The Morgan fingerprint density at radius 3 is 2.80 bits per heavy atom. The van der Waals surface area contributed by atoms with Gasteiger partial charge in [0.1, 0.15) is 10.5 Å². The van der Waals surface area contributed by atoms with E-state index < -0.39 is 5.82 Å². The molecule has 0 saturated heterocycles. The second-order valence-electron chi connectivity index (χ2n) is 4.27. The highest BCUT2D eigenvalue weighted by Gasteiger charge is 2.16. The molecule has 6 heteroatoms. The van der Waals surface area contributed by atoms with Crippen molar-refractivity contribution in [2.24, 2.45) is 0 Å². The Bertz CT molecular complexity index is 681. The predicted molar refractivity (Wildman–Crippen MR) is 78.8 cm³/mol. The molecule has 2 rings (SSSR count). The van der Waals surface area contributed by atoms with Gasteiger partial charge < -0.3 is 9.88 Å². The van der Waals surface area contributed by atoms with Gasteiger partial charge in [-0.15, -0.1) is 0 Å². The normalized spacial score (nSPS) is 10.3. The van der Waals surface area contributed by atoms with Crippen LogP contribution in [0.5, 0.6) is 0 Å². The molecule has 0 bridgehead atoms. The van der Waals surface area contributed by atoms with Gasteiger partial charge >= 0.3 is 0 Å². The molecule has 0 radical (unpaired) electrons. The lowest BCUT2D eigenvalue weighted by Gasteiger charge is -2.18. The standard InChI is InChI=1S/C14H12ClFN2OS/c1-18(8-10-11(15)5-2-6-12(10)16)14(19)9-4-3-7-17-13(9)20/h2-7H,8H2,1H3,(H,17,20). The van der Waals surface area contributed by atoms with Crippen molar-refractivity contribution in [2.45, 2.75) is 6.54 Å². The molecule has 0 saturated carbocycles. The molecule has 0 spiro atoms. The molecule has 20 heavy (non-hydrogen) atoms. The molecule has 104 valence electrons. The fraction of sp³-hybridized carbons (Fsp3) is 0.143. The van der Waals surface area contributed by atoms with Crippen LogP contribution >= 0.6 is 23.8 Å². The number of nitrogens with one attached hydrogen (secondary N) is 1. The lowest BCUT2D eigenvalue weighted by molar-refractivity contribution is 0.0783. The molecule has 2 aromatic rings. The third-order valence-electron chi connectivity index (χ3n) is 2.85. The van der Waals surface area contributed by atoms with Crippen molar-refractivity contribution in [1.29, 1.82) is 0 Å². The molecule has 0 atom stereocenters. The molecule has 1 aromatic heterocycles. The average molecular weight is 311 g/mol. The van der Waals surface area contributed by atoms with E-state index in [1.807, 2.05) is 0 Å². The molecule has 0 aliphatic heterocycles. The van der Waals surface area contributed by atoms with E-state index in [1.54, 1.807) is 31.4 Å². The van der Waals surface area contributed by atoms with Crippen LogP contribution in [0.4, 0.5) is 4.39 Å². The Kier molecular flexibility index (Phi) is 4.52. The van der Waals surface area contributed by atoms with Crippen molar-refractivity contribution in [3.05, 3.63) is 63.1 Å². The number of amides is 1. The summed E-state index contributed by atoms with van der Waals surface area (Å²) >= 11 is 11.0. The molecule has 1 amide bonds. The van der Waals surface area contributed by atoms with E-state index in [9.17, 15) is 9.18 Å². The number of aromatic amines is 1. The Morgan fingerprint density at radius 1 is 1.40 bits per heavy atom. The molecule has 1 heterocycles. The monoisotopic (exact) mass is 310 g/mol. The molecule has 0 unspecified atom stereocenters. The molecule has 0 aliphatic carbocycles. The smallest absolute Gasteiger partial charge is 0.256 e. The van der Waals surface area contributed by atoms with Crippen LogP contribution in [0.3, 0.4) is 0 Å².